The van der Waals surface area contributed by atoms with Gasteiger partial charge in [-0.2, -0.15) is 0 Å². The van der Waals surface area contributed by atoms with Crippen LogP contribution in [-0.4, -0.2) is 6.04 Å². The molecule has 0 amide bonds. The van der Waals surface area contributed by atoms with Gasteiger partial charge in [-0.15, -0.1) is 0 Å². The van der Waals surface area contributed by atoms with Gasteiger partial charge < -0.3 is 0 Å². The monoisotopic (exact) mass is 260 g/mol. The van der Waals surface area contributed by atoms with Crippen molar-refractivity contribution in [3.05, 3.63) is 34.9 Å². The van der Waals surface area contributed by atoms with Crippen LogP contribution >= 0.6 is 0 Å². The lowest BCUT2D eigenvalue weighted by molar-refractivity contribution is 0.144. The highest BCUT2D eigenvalue weighted by atomic mass is 15.2. The van der Waals surface area contributed by atoms with Crippen molar-refractivity contribution >= 4 is 0 Å². The van der Waals surface area contributed by atoms with E-state index < -0.39 is 0 Å². The number of hydrogen-bond acceptors (Lipinski definition) is 2. The van der Waals surface area contributed by atoms with Crippen molar-refractivity contribution in [3.8, 4) is 0 Å². The van der Waals surface area contributed by atoms with Crippen LogP contribution < -0.4 is 11.3 Å². The van der Waals surface area contributed by atoms with Crippen molar-refractivity contribution in [1.29, 1.82) is 0 Å². The standard InChI is InChI=1S/C17H28N2/c1-13-7-8-15(11-14(13)2)12-16(19-18)17(3)9-5-4-6-10-17/h7-8,11,16,19H,4-6,9-10,12,18H2,1-3H3. The number of hydrogen-bond donors (Lipinski definition) is 2. The third-order valence-corrected chi connectivity index (χ3v) is 5.05. The zero-order chi connectivity index (χ0) is 13.9. The Morgan fingerprint density at radius 2 is 1.84 bits per heavy atom. The molecule has 0 aliphatic heterocycles. The molecule has 0 heterocycles. The molecule has 0 saturated heterocycles. The van der Waals surface area contributed by atoms with Crippen LogP contribution in [0.15, 0.2) is 18.2 Å². The second-order valence-corrected chi connectivity index (χ2v) is 6.56. The Labute approximate surface area is 117 Å². The number of benzene rings is 1. The summed E-state index contributed by atoms with van der Waals surface area (Å²) < 4.78 is 0. The molecular weight excluding hydrogens is 232 g/mol. The number of nitrogens with two attached hydrogens (primary N) is 1. The molecule has 19 heavy (non-hydrogen) atoms. The van der Waals surface area contributed by atoms with E-state index in [9.17, 15) is 0 Å². The molecule has 0 bridgehead atoms. The van der Waals surface area contributed by atoms with Gasteiger partial charge in [-0.25, -0.2) is 0 Å². The molecule has 1 saturated carbocycles. The first-order chi connectivity index (χ1) is 9.05. The predicted octanol–water partition coefficient (Wildman–Crippen LogP) is 3.65. The van der Waals surface area contributed by atoms with Crippen LogP contribution in [0.1, 0.15) is 55.7 Å². The molecule has 1 aromatic carbocycles. The number of nitrogens with one attached hydrogen (secondary N) is 1. The summed E-state index contributed by atoms with van der Waals surface area (Å²) in [6.07, 6.45) is 7.72. The van der Waals surface area contributed by atoms with Gasteiger partial charge in [0.15, 0.2) is 0 Å². The fourth-order valence-corrected chi connectivity index (χ4v) is 3.38. The maximum atomic E-state index is 5.85. The Morgan fingerprint density at radius 1 is 1.16 bits per heavy atom. The van der Waals surface area contributed by atoms with Crippen LogP contribution in [0.25, 0.3) is 0 Å². The van der Waals surface area contributed by atoms with E-state index in [0.717, 1.165) is 6.42 Å². The van der Waals surface area contributed by atoms with Crippen molar-refractivity contribution in [2.75, 3.05) is 0 Å². The molecule has 1 atom stereocenters. The van der Waals surface area contributed by atoms with Gasteiger partial charge in [0.05, 0.1) is 0 Å². The summed E-state index contributed by atoms with van der Waals surface area (Å²) in [6.45, 7) is 6.75. The summed E-state index contributed by atoms with van der Waals surface area (Å²) in [5.74, 6) is 5.85. The molecule has 1 aromatic rings. The number of rotatable bonds is 4. The van der Waals surface area contributed by atoms with E-state index >= 15 is 0 Å². The van der Waals surface area contributed by atoms with Crippen molar-refractivity contribution in [1.82, 2.24) is 5.43 Å². The first-order valence-corrected chi connectivity index (χ1v) is 7.57. The van der Waals surface area contributed by atoms with E-state index in [1.165, 1.54) is 48.8 Å². The highest BCUT2D eigenvalue weighted by Crippen LogP contribution is 2.39. The van der Waals surface area contributed by atoms with Gasteiger partial charge in [0.1, 0.15) is 0 Å². The Hall–Kier alpha value is -0.860. The quantitative estimate of drug-likeness (QED) is 0.640. The molecule has 0 spiro atoms. The third-order valence-electron chi connectivity index (χ3n) is 5.05. The van der Waals surface area contributed by atoms with Crippen molar-refractivity contribution in [2.45, 2.75) is 65.3 Å². The first kappa shape index (κ1) is 14.5. The molecular formula is C17H28N2. The molecule has 0 radical (unpaired) electrons. The topological polar surface area (TPSA) is 38.0 Å². The normalized spacial score (nSPS) is 20.2. The van der Waals surface area contributed by atoms with Crippen LogP contribution in [0.3, 0.4) is 0 Å². The van der Waals surface area contributed by atoms with E-state index in [1.807, 2.05) is 0 Å². The summed E-state index contributed by atoms with van der Waals surface area (Å²) in [7, 11) is 0. The van der Waals surface area contributed by atoms with Crippen molar-refractivity contribution < 1.29 is 0 Å². The zero-order valence-electron chi connectivity index (χ0n) is 12.6. The fourth-order valence-electron chi connectivity index (χ4n) is 3.38. The molecule has 1 aliphatic rings. The first-order valence-electron chi connectivity index (χ1n) is 7.57. The Bertz CT molecular complexity index is 419. The average Bonchev–Trinajstić information content (AvgIpc) is 2.40. The fraction of sp³-hybridized carbons (Fsp3) is 0.647. The van der Waals surface area contributed by atoms with E-state index in [-0.39, 0.29) is 0 Å². The lowest BCUT2D eigenvalue weighted by atomic mass is 9.69. The minimum absolute atomic E-state index is 0.353. The number of hydrazine groups is 1. The minimum atomic E-state index is 0.353. The van der Waals surface area contributed by atoms with Crippen LogP contribution in [0, 0.1) is 19.3 Å². The second-order valence-electron chi connectivity index (χ2n) is 6.56. The lowest BCUT2D eigenvalue weighted by Gasteiger charge is -2.40. The van der Waals surface area contributed by atoms with Gasteiger partial charge in [0, 0.05) is 6.04 Å². The van der Waals surface area contributed by atoms with E-state index in [0.29, 0.717) is 11.5 Å². The Kier molecular flexibility index (Phi) is 4.64. The molecule has 1 unspecified atom stereocenters. The molecule has 1 aliphatic carbocycles. The van der Waals surface area contributed by atoms with Crippen molar-refractivity contribution in [2.24, 2.45) is 11.3 Å². The van der Waals surface area contributed by atoms with Crippen LogP contribution in [0.2, 0.25) is 0 Å². The summed E-state index contributed by atoms with van der Waals surface area (Å²) in [4.78, 5) is 0. The van der Waals surface area contributed by atoms with Gasteiger partial charge in [0.25, 0.3) is 0 Å². The van der Waals surface area contributed by atoms with E-state index in [2.05, 4.69) is 44.4 Å². The molecule has 3 N–H and O–H groups in total. The SMILES string of the molecule is Cc1ccc(CC(NN)C2(C)CCCCC2)cc1C. The molecule has 2 nitrogen and oxygen atoms in total. The summed E-state index contributed by atoms with van der Waals surface area (Å²) in [5, 5.41) is 0. The zero-order valence-corrected chi connectivity index (χ0v) is 12.6. The second kappa shape index (κ2) is 6.06. The van der Waals surface area contributed by atoms with Crippen LogP contribution in [-0.2, 0) is 6.42 Å². The predicted molar refractivity (Wildman–Crippen MR) is 81.9 cm³/mol. The van der Waals surface area contributed by atoms with Gasteiger partial charge in [-0.3, -0.25) is 11.3 Å². The van der Waals surface area contributed by atoms with Gasteiger partial charge >= 0.3 is 0 Å². The largest absolute Gasteiger partial charge is 0.271 e. The van der Waals surface area contributed by atoms with E-state index in [1.54, 1.807) is 0 Å². The summed E-state index contributed by atoms with van der Waals surface area (Å²) in [6, 6.07) is 7.17. The Balaban J connectivity index is 2.11. The Morgan fingerprint density at radius 3 is 2.42 bits per heavy atom. The minimum Gasteiger partial charge on any atom is -0.271 e. The average molecular weight is 260 g/mol. The smallest absolute Gasteiger partial charge is 0.0304 e. The highest BCUT2D eigenvalue weighted by molar-refractivity contribution is 5.30. The molecule has 1 fully saturated rings. The molecule has 106 valence electrons. The summed E-state index contributed by atoms with van der Waals surface area (Å²) in [5.41, 5.74) is 7.59. The number of aryl methyl sites for hydroxylation is 2. The molecule has 0 aromatic heterocycles. The lowest BCUT2D eigenvalue weighted by Crippen LogP contribution is -2.49. The summed E-state index contributed by atoms with van der Waals surface area (Å²) >= 11 is 0. The maximum absolute atomic E-state index is 5.85. The van der Waals surface area contributed by atoms with Gasteiger partial charge in [-0.1, -0.05) is 44.4 Å². The molecule has 2 heteroatoms. The highest BCUT2D eigenvalue weighted by Gasteiger charge is 2.34. The van der Waals surface area contributed by atoms with E-state index in [4.69, 9.17) is 5.84 Å². The van der Waals surface area contributed by atoms with Gasteiger partial charge in [0.2, 0.25) is 0 Å². The molecule has 2 rings (SSSR count). The van der Waals surface area contributed by atoms with Crippen molar-refractivity contribution in [3.63, 3.8) is 0 Å². The maximum Gasteiger partial charge on any atom is 0.0304 e. The van der Waals surface area contributed by atoms with Crippen LogP contribution in [0.5, 0.6) is 0 Å². The van der Waals surface area contributed by atoms with Crippen LogP contribution in [0.4, 0.5) is 0 Å². The third kappa shape index (κ3) is 3.37. The van der Waals surface area contributed by atoms with Gasteiger partial charge in [-0.05, 0) is 55.2 Å².